The van der Waals surface area contributed by atoms with Crippen molar-refractivity contribution in [3.05, 3.63) is 64.3 Å². The van der Waals surface area contributed by atoms with Crippen molar-refractivity contribution in [2.75, 3.05) is 5.32 Å². The van der Waals surface area contributed by atoms with Gasteiger partial charge in [-0.1, -0.05) is 6.07 Å². The van der Waals surface area contributed by atoms with Crippen LogP contribution in [0.25, 0.3) is 10.6 Å². The zero-order valence-electron chi connectivity index (χ0n) is 16.0. The minimum absolute atomic E-state index is 0.120. The van der Waals surface area contributed by atoms with Crippen molar-refractivity contribution in [3.8, 4) is 10.6 Å². The van der Waals surface area contributed by atoms with Crippen LogP contribution < -0.4 is 15.6 Å². The summed E-state index contributed by atoms with van der Waals surface area (Å²) in [5, 5.41) is 8.80. The molecular weight excluding hydrogens is 428 g/mol. The van der Waals surface area contributed by atoms with Crippen molar-refractivity contribution < 1.29 is 18.0 Å². The van der Waals surface area contributed by atoms with E-state index in [1.54, 1.807) is 6.07 Å². The first kappa shape index (κ1) is 21.4. The van der Waals surface area contributed by atoms with Crippen LogP contribution in [0.2, 0.25) is 0 Å². The van der Waals surface area contributed by atoms with Crippen LogP contribution >= 0.6 is 11.3 Å². The lowest BCUT2D eigenvalue weighted by Crippen LogP contribution is -2.33. The van der Waals surface area contributed by atoms with E-state index in [1.807, 2.05) is 22.2 Å². The monoisotopic (exact) mass is 446 g/mol. The Hall–Kier alpha value is -3.31. The summed E-state index contributed by atoms with van der Waals surface area (Å²) in [4.78, 5) is 36.6. The molecule has 0 saturated heterocycles. The number of hydrogen-bond donors (Lipinski definition) is 2. The van der Waals surface area contributed by atoms with E-state index in [2.05, 4.69) is 10.4 Å². The molecule has 1 atom stereocenters. The number of amides is 2. The maximum Gasteiger partial charge on any atom is 0.267 e. The second-order valence-corrected chi connectivity index (χ2v) is 8.96. The molecule has 156 valence electrons. The Morgan fingerprint density at radius 1 is 1.10 bits per heavy atom. The molecule has 0 saturated carbocycles. The molecule has 2 aromatic heterocycles. The SMILES string of the molecule is CC(=O)NS(=O)(=O)c1ccc(NC(=O)C(C)n2nc(-c3cccs3)ccc2=O)cc1. The van der Waals surface area contributed by atoms with Gasteiger partial charge in [0.05, 0.1) is 9.77 Å². The van der Waals surface area contributed by atoms with Crippen LogP contribution in [-0.4, -0.2) is 30.0 Å². The fourth-order valence-corrected chi connectivity index (χ4v) is 4.26. The van der Waals surface area contributed by atoms with Gasteiger partial charge in [-0.25, -0.2) is 17.8 Å². The molecule has 0 aliphatic rings. The van der Waals surface area contributed by atoms with Gasteiger partial charge in [0.1, 0.15) is 11.7 Å². The minimum Gasteiger partial charge on any atom is -0.324 e. The highest BCUT2D eigenvalue weighted by molar-refractivity contribution is 7.90. The van der Waals surface area contributed by atoms with E-state index in [-0.39, 0.29) is 4.90 Å². The lowest BCUT2D eigenvalue weighted by molar-refractivity contribution is -0.119. The highest BCUT2D eigenvalue weighted by Gasteiger charge is 2.19. The lowest BCUT2D eigenvalue weighted by Gasteiger charge is -2.15. The zero-order valence-corrected chi connectivity index (χ0v) is 17.7. The Morgan fingerprint density at radius 3 is 2.40 bits per heavy atom. The van der Waals surface area contributed by atoms with Crippen molar-refractivity contribution in [2.45, 2.75) is 24.8 Å². The third-order valence-corrected chi connectivity index (χ3v) is 6.40. The maximum atomic E-state index is 12.6. The number of nitrogens with one attached hydrogen (secondary N) is 2. The van der Waals surface area contributed by atoms with Gasteiger partial charge in [-0.3, -0.25) is 14.4 Å². The zero-order chi connectivity index (χ0) is 21.9. The quantitative estimate of drug-likeness (QED) is 0.596. The van der Waals surface area contributed by atoms with Crippen molar-refractivity contribution in [1.82, 2.24) is 14.5 Å². The topological polar surface area (TPSA) is 127 Å². The molecule has 1 unspecified atom stereocenters. The van der Waals surface area contributed by atoms with Crippen molar-refractivity contribution in [2.24, 2.45) is 0 Å². The van der Waals surface area contributed by atoms with E-state index in [0.29, 0.717) is 11.4 Å². The number of carbonyl (C=O) groups is 2. The Bertz CT molecular complexity index is 1230. The van der Waals surface area contributed by atoms with Crippen molar-refractivity contribution in [3.63, 3.8) is 0 Å². The molecule has 3 aromatic rings. The number of hydrogen-bond acceptors (Lipinski definition) is 7. The van der Waals surface area contributed by atoms with Gasteiger partial charge in [0.15, 0.2) is 0 Å². The molecule has 1 aromatic carbocycles. The van der Waals surface area contributed by atoms with Crippen LogP contribution in [0.15, 0.2) is 63.6 Å². The van der Waals surface area contributed by atoms with Gasteiger partial charge in [0.25, 0.3) is 15.6 Å². The predicted molar refractivity (Wildman–Crippen MR) is 113 cm³/mol. The summed E-state index contributed by atoms with van der Waals surface area (Å²) in [5.41, 5.74) is 0.488. The number of thiophene rings is 1. The second kappa shape index (κ2) is 8.59. The highest BCUT2D eigenvalue weighted by Crippen LogP contribution is 2.22. The van der Waals surface area contributed by atoms with Crippen molar-refractivity contribution >= 4 is 38.9 Å². The van der Waals surface area contributed by atoms with Crippen LogP contribution in [0, 0.1) is 0 Å². The summed E-state index contributed by atoms with van der Waals surface area (Å²) >= 11 is 1.47. The van der Waals surface area contributed by atoms with E-state index in [9.17, 15) is 22.8 Å². The molecule has 9 nitrogen and oxygen atoms in total. The number of rotatable bonds is 6. The Morgan fingerprint density at radius 2 is 1.80 bits per heavy atom. The van der Waals surface area contributed by atoms with Gasteiger partial charge >= 0.3 is 0 Å². The molecule has 0 radical (unpaired) electrons. The van der Waals surface area contributed by atoms with Gasteiger partial charge < -0.3 is 5.32 Å². The molecule has 0 fully saturated rings. The molecule has 0 spiro atoms. The Labute approximate surface area is 176 Å². The number of carbonyl (C=O) groups excluding carboxylic acids is 2. The molecule has 0 aliphatic heterocycles. The van der Waals surface area contributed by atoms with Crippen LogP contribution in [0.3, 0.4) is 0 Å². The first-order chi connectivity index (χ1) is 14.2. The van der Waals surface area contributed by atoms with Crippen molar-refractivity contribution in [1.29, 1.82) is 0 Å². The van der Waals surface area contributed by atoms with E-state index < -0.39 is 33.4 Å². The molecule has 2 heterocycles. The molecule has 3 rings (SSSR count). The molecule has 2 amide bonds. The van der Waals surface area contributed by atoms with Gasteiger partial charge in [0, 0.05) is 18.7 Å². The van der Waals surface area contributed by atoms with E-state index >= 15 is 0 Å². The van der Waals surface area contributed by atoms with Gasteiger partial charge in [-0.15, -0.1) is 11.3 Å². The fourth-order valence-electron chi connectivity index (χ4n) is 2.58. The van der Waals surface area contributed by atoms with Crippen LogP contribution in [0.4, 0.5) is 5.69 Å². The number of benzene rings is 1. The molecule has 11 heteroatoms. The smallest absolute Gasteiger partial charge is 0.267 e. The highest BCUT2D eigenvalue weighted by atomic mass is 32.2. The number of anilines is 1. The number of sulfonamides is 1. The molecule has 2 N–H and O–H groups in total. The average Bonchev–Trinajstić information content (AvgIpc) is 3.22. The van der Waals surface area contributed by atoms with Crippen LogP contribution in [0.5, 0.6) is 0 Å². The van der Waals surface area contributed by atoms with Gasteiger partial charge in [-0.05, 0) is 48.7 Å². The predicted octanol–water partition coefficient (Wildman–Crippen LogP) is 2.00. The van der Waals surface area contributed by atoms with Crippen LogP contribution in [-0.2, 0) is 19.6 Å². The Kier molecular flexibility index (Phi) is 6.13. The summed E-state index contributed by atoms with van der Waals surface area (Å²) in [5.74, 6) is -1.20. The lowest BCUT2D eigenvalue weighted by atomic mass is 10.2. The molecular formula is C19H18N4O5S2. The summed E-state index contributed by atoms with van der Waals surface area (Å²) < 4.78 is 26.9. The van der Waals surface area contributed by atoms with Crippen LogP contribution in [0.1, 0.15) is 19.9 Å². The van der Waals surface area contributed by atoms with E-state index in [0.717, 1.165) is 16.5 Å². The fraction of sp³-hybridized carbons (Fsp3) is 0.158. The third-order valence-electron chi connectivity index (χ3n) is 4.06. The second-order valence-electron chi connectivity index (χ2n) is 6.33. The first-order valence-corrected chi connectivity index (χ1v) is 11.1. The van der Waals surface area contributed by atoms with E-state index in [4.69, 9.17) is 0 Å². The first-order valence-electron chi connectivity index (χ1n) is 8.75. The van der Waals surface area contributed by atoms with Gasteiger partial charge in [-0.2, -0.15) is 5.10 Å². The third kappa shape index (κ3) is 4.81. The summed E-state index contributed by atoms with van der Waals surface area (Å²) in [7, 11) is -3.96. The normalized spacial score (nSPS) is 12.2. The molecule has 30 heavy (non-hydrogen) atoms. The molecule has 0 bridgehead atoms. The largest absolute Gasteiger partial charge is 0.324 e. The maximum absolute atomic E-state index is 12.6. The Balaban J connectivity index is 1.77. The average molecular weight is 447 g/mol. The number of aromatic nitrogens is 2. The number of nitrogens with zero attached hydrogens (tertiary/aromatic N) is 2. The summed E-state index contributed by atoms with van der Waals surface area (Å²) in [6.07, 6.45) is 0. The standard InChI is InChI=1S/C19H18N4O5S2/c1-12(23-18(25)10-9-16(21-23)17-4-3-11-29-17)19(26)20-14-5-7-15(8-6-14)30(27,28)22-13(2)24/h3-12H,1-2H3,(H,20,26)(H,22,24). The minimum atomic E-state index is -3.96. The summed E-state index contributed by atoms with van der Waals surface area (Å²) in [6, 6.07) is 11.1. The van der Waals surface area contributed by atoms with Gasteiger partial charge in [0.2, 0.25) is 11.8 Å². The summed E-state index contributed by atoms with van der Waals surface area (Å²) in [6.45, 7) is 2.63. The molecule has 0 aliphatic carbocycles. The van der Waals surface area contributed by atoms with E-state index in [1.165, 1.54) is 48.6 Å².